The Morgan fingerprint density at radius 3 is 2.82 bits per heavy atom. The lowest BCUT2D eigenvalue weighted by molar-refractivity contribution is 0.0918. The molecule has 5 heteroatoms. The first-order valence-electron chi connectivity index (χ1n) is 5.43. The van der Waals surface area contributed by atoms with Gasteiger partial charge in [0.25, 0.3) is 0 Å². The molecule has 0 saturated carbocycles. The highest BCUT2D eigenvalue weighted by Gasteiger charge is 2.23. The van der Waals surface area contributed by atoms with E-state index in [1.807, 2.05) is 18.2 Å². The van der Waals surface area contributed by atoms with E-state index in [2.05, 4.69) is 5.16 Å². The van der Waals surface area contributed by atoms with E-state index in [-0.39, 0.29) is 6.10 Å². The lowest BCUT2D eigenvalue weighted by Gasteiger charge is -2.09. The molecule has 92 valence electrons. The van der Waals surface area contributed by atoms with Gasteiger partial charge in [-0.2, -0.15) is 0 Å². The molecule has 0 fully saturated rings. The molecule has 1 aliphatic rings. The van der Waals surface area contributed by atoms with E-state index in [0.717, 1.165) is 22.8 Å². The van der Waals surface area contributed by atoms with Crippen LogP contribution in [-0.4, -0.2) is 32.6 Å². The largest absolute Gasteiger partial charge is 0.497 e. The Morgan fingerprint density at radius 1 is 1.41 bits per heavy atom. The summed E-state index contributed by atoms with van der Waals surface area (Å²) in [5.74, 6) is 1.48. The lowest BCUT2D eigenvalue weighted by atomic mass is 10.0. The fourth-order valence-corrected chi connectivity index (χ4v) is 1.75. The van der Waals surface area contributed by atoms with Gasteiger partial charge in [0, 0.05) is 24.6 Å². The molecular weight excluding hydrogens is 220 g/mol. The van der Waals surface area contributed by atoms with Gasteiger partial charge in [-0.1, -0.05) is 5.16 Å². The quantitative estimate of drug-likeness (QED) is 0.851. The van der Waals surface area contributed by atoms with Gasteiger partial charge in [0.05, 0.1) is 19.9 Å². The van der Waals surface area contributed by atoms with Gasteiger partial charge in [0.1, 0.15) is 17.6 Å². The summed E-state index contributed by atoms with van der Waals surface area (Å²) >= 11 is 0. The first-order valence-corrected chi connectivity index (χ1v) is 5.43. The van der Waals surface area contributed by atoms with Gasteiger partial charge in [-0.3, -0.25) is 0 Å². The van der Waals surface area contributed by atoms with Gasteiger partial charge in [-0.05, 0) is 12.1 Å². The normalized spacial score (nSPS) is 18.5. The summed E-state index contributed by atoms with van der Waals surface area (Å²) in [4.78, 5) is 5.20. The van der Waals surface area contributed by atoms with Crippen LogP contribution in [0.25, 0.3) is 0 Å². The van der Waals surface area contributed by atoms with E-state index in [0.29, 0.717) is 13.0 Å². The second-order valence-electron chi connectivity index (χ2n) is 3.77. The van der Waals surface area contributed by atoms with Crippen molar-refractivity contribution in [2.75, 3.05) is 20.8 Å². The molecule has 1 heterocycles. The standard InChI is InChI=1S/C12H16N2O3/c1-15-8-3-4-10(12(6-8)16-2)11-5-9(7-13)17-14-11/h3-4,6,9H,5,7,13H2,1-2H3. The third kappa shape index (κ3) is 2.34. The molecule has 5 nitrogen and oxygen atoms in total. The summed E-state index contributed by atoms with van der Waals surface area (Å²) in [6.07, 6.45) is 0.677. The van der Waals surface area contributed by atoms with Crippen LogP contribution in [0.5, 0.6) is 11.5 Å². The summed E-state index contributed by atoms with van der Waals surface area (Å²) in [6.45, 7) is 0.464. The Hall–Kier alpha value is -1.75. The first kappa shape index (κ1) is 11.7. The highest BCUT2D eigenvalue weighted by Crippen LogP contribution is 2.28. The van der Waals surface area contributed by atoms with Crippen molar-refractivity contribution in [3.05, 3.63) is 23.8 Å². The molecule has 1 aromatic rings. The summed E-state index contributed by atoms with van der Waals surface area (Å²) in [5, 5.41) is 4.04. The third-order valence-electron chi connectivity index (χ3n) is 2.72. The molecule has 2 N–H and O–H groups in total. The second kappa shape index (κ2) is 5.05. The van der Waals surface area contributed by atoms with Crippen LogP contribution in [0.15, 0.2) is 23.4 Å². The van der Waals surface area contributed by atoms with Crippen LogP contribution in [-0.2, 0) is 4.84 Å². The van der Waals surface area contributed by atoms with Gasteiger partial charge < -0.3 is 20.0 Å². The van der Waals surface area contributed by atoms with Crippen molar-refractivity contribution in [1.29, 1.82) is 0 Å². The van der Waals surface area contributed by atoms with Crippen LogP contribution in [0.4, 0.5) is 0 Å². The van der Waals surface area contributed by atoms with Gasteiger partial charge in [0.15, 0.2) is 0 Å². The Bertz CT molecular complexity index is 432. The number of ether oxygens (including phenoxy) is 2. The monoisotopic (exact) mass is 236 g/mol. The van der Waals surface area contributed by atoms with Crippen LogP contribution in [0.3, 0.4) is 0 Å². The topological polar surface area (TPSA) is 66.1 Å². The van der Waals surface area contributed by atoms with Crippen LogP contribution >= 0.6 is 0 Å². The molecule has 1 unspecified atom stereocenters. The highest BCUT2D eigenvalue weighted by molar-refractivity contribution is 6.03. The Balaban J connectivity index is 2.27. The van der Waals surface area contributed by atoms with Crippen molar-refractivity contribution in [3.63, 3.8) is 0 Å². The van der Waals surface area contributed by atoms with Crippen molar-refractivity contribution in [3.8, 4) is 11.5 Å². The number of nitrogens with two attached hydrogens (primary N) is 1. The summed E-state index contributed by atoms with van der Waals surface area (Å²) < 4.78 is 10.5. The predicted molar refractivity (Wildman–Crippen MR) is 64.6 cm³/mol. The summed E-state index contributed by atoms with van der Waals surface area (Å²) in [7, 11) is 3.24. The van der Waals surface area contributed by atoms with Crippen LogP contribution in [0.2, 0.25) is 0 Å². The fourth-order valence-electron chi connectivity index (χ4n) is 1.75. The second-order valence-corrected chi connectivity index (χ2v) is 3.77. The molecule has 0 amide bonds. The Morgan fingerprint density at radius 2 is 2.24 bits per heavy atom. The van der Waals surface area contributed by atoms with Crippen molar-refractivity contribution in [1.82, 2.24) is 0 Å². The van der Waals surface area contributed by atoms with Gasteiger partial charge >= 0.3 is 0 Å². The molecule has 1 aromatic carbocycles. The van der Waals surface area contributed by atoms with E-state index in [4.69, 9.17) is 20.0 Å². The van der Waals surface area contributed by atoms with Crippen molar-refractivity contribution in [2.45, 2.75) is 12.5 Å². The predicted octanol–water partition coefficient (Wildman–Crippen LogP) is 1.16. The molecule has 1 atom stereocenters. The van der Waals surface area contributed by atoms with Crippen LogP contribution in [0.1, 0.15) is 12.0 Å². The van der Waals surface area contributed by atoms with Gasteiger partial charge in [-0.25, -0.2) is 0 Å². The van der Waals surface area contributed by atoms with E-state index >= 15 is 0 Å². The summed E-state index contributed by atoms with van der Waals surface area (Å²) in [5.41, 5.74) is 7.32. The van der Waals surface area contributed by atoms with E-state index in [9.17, 15) is 0 Å². The van der Waals surface area contributed by atoms with Gasteiger partial charge in [0.2, 0.25) is 0 Å². The molecular formula is C12H16N2O3. The molecule has 0 spiro atoms. The smallest absolute Gasteiger partial charge is 0.145 e. The molecule has 0 saturated heterocycles. The van der Waals surface area contributed by atoms with Crippen LogP contribution in [0, 0.1) is 0 Å². The minimum absolute atomic E-state index is 0.0307. The van der Waals surface area contributed by atoms with E-state index in [1.165, 1.54) is 0 Å². The van der Waals surface area contributed by atoms with E-state index < -0.39 is 0 Å². The molecule has 0 aliphatic carbocycles. The molecule has 2 rings (SSSR count). The number of benzene rings is 1. The van der Waals surface area contributed by atoms with Gasteiger partial charge in [-0.15, -0.1) is 0 Å². The molecule has 0 aromatic heterocycles. The maximum absolute atomic E-state index is 5.54. The summed E-state index contributed by atoms with van der Waals surface area (Å²) in [6, 6.07) is 5.61. The van der Waals surface area contributed by atoms with Crippen molar-refractivity contribution in [2.24, 2.45) is 10.9 Å². The average Bonchev–Trinajstić information content (AvgIpc) is 2.86. The highest BCUT2D eigenvalue weighted by atomic mass is 16.6. The SMILES string of the molecule is COc1ccc(C2=NOC(CN)C2)c(OC)c1. The molecule has 1 aliphatic heterocycles. The van der Waals surface area contributed by atoms with Crippen LogP contribution < -0.4 is 15.2 Å². The maximum atomic E-state index is 5.54. The number of hydrogen-bond acceptors (Lipinski definition) is 5. The zero-order valence-corrected chi connectivity index (χ0v) is 9.97. The first-order chi connectivity index (χ1) is 8.28. The Kier molecular flexibility index (Phi) is 3.49. The minimum atomic E-state index is -0.0307. The maximum Gasteiger partial charge on any atom is 0.145 e. The number of methoxy groups -OCH3 is 2. The number of nitrogens with zero attached hydrogens (tertiary/aromatic N) is 1. The lowest BCUT2D eigenvalue weighted by Crippen LogP contribution is -2.20. The fraction of sp³-hybridized carbons (Fsp3) is 0.417. The molecule has 17 heavy (non-hydrogen) atoms. The third-order valence-corrected chi connectivity index (χ3v) is 2.72. The zero-order valence-electron chi connectivity index (χ0n) is 9.97. The number of rotatable bonds is 4. The number of hydrogen-bond donors (Lipinski definition) is 1. The van der Waals surface area contributed by atoms with E-state index in [1.54, 1.807) is 14.2 Å². The van der Waals surface area contributed by atoms with Crippen molar-refractivity contribution >= 4 is 5.71 Å². The average molecular weight is 236 g/mol. The molecule has 0 bridgehead atoms. The van der Waals surface area contributed by atoms with Crippen molar-refractivity contribution < 1.29 is 14.3 Å². The number of oxime groups is 1. The molecule has 0 radical (unpaired) electrons. The minimum Gasteiger partial charge on any atom is -0.497 e. The Labute approximate surface area is 100 Å². The zero-order chi connectivity index (χ0) is 12.3.